The number of aryl methyl sites for hydroxylation is 1. The Labute approximate surface area is 152 Å². The summed E-state index contributed by atoms with van der Waals surface area (Å²) in [5, 5.41) is 6.63. The summed E-state index contributed by atoms with van der Waals surface area (Å²) in [6.45, 7) is 3.12. The van der Waals surface area contributed by atoms with Crippen LogP contribution < -0.4 is 11.0 Å². The first kappa shape index (κ1) is 18.7. The van der Waals surface area contributed by atoms with Gasteiger partial charge in [-0.2, -0.15) is 18.3 Å². The molecule has 0 fully saturated rings. The highest BCUT2D eigenvalue weighted by Crippen LogP contribution is 2.29. The molecule has 1 atom stereocenters. The van der Waals surface area contributed by atoms with E-state index in [2.05, 4.69) is 10.4 Å². The SMILES string of the molecule is Cc1ccc2cnn(CC(=O)N[C@@H](C)c3ccc(C(F)(F)F)cc3)c(=O)n12. The van der Waals surface area contributed by atoms with Crippen LogP contribution in [0.2, 0.25) is 0 Å². The van der Waals surface area contributed by atoms with E-state index in [4.69, 9.17) is 0 Å². The van der Waals surface area contributed by atoms with Crippen molar-refractivity contribution in [2.75, 3.05) is 0 Å². The van der Waals surface area contributed by atoms with E-state index in [0.29, 0.717) is 11.1 Å². The topological polar surface area (TPSA) is 68.4 Å². The van der Waals surface area contributed by atoms with E-state index < -0.39 is 29.4 Å². The van der Waals surface area contributed by atoms with Crippen molar-refractivity contribution in [3.8, 4) is 0 Å². The average Bonchev–Trinajstić information content (AvgIpc) is 2.98. The Bertz CT molecular complexity index is 1040. The molecule has 2 heterocycles. The number of rotatable bonds is 4. The number of alkyl halides is 3. The van der Waals surface area contributed by atoms with Crippen LogP contribution in [0.1, 0.15) is 29.8 Å². The van der Waals surface area contributed by atoms with Gasteiger partial charge >= 0.3 is 11.9 Å². The number of nitrogens with zero attached hydrogens (tertiary/aromatic N) is 3. The molecule has 0 unspecified atom stereocenters. The van der Waals surface area contributed by atoms with E-state index in [-0.39, 0.29) is 6.54 Å². The quantitative estimate of drug-likeness (QED) is 0.759. The minimum absolute atomic E-state index is 0.294. The number of nitrogens with one attached hydrogen (secondary N) is 1. The normalized spacial score (nSPS) is 12.9. The molecule has 0 aliphatic heterocycles. The Morgan fingerprint density at radius 3 is 2.48 bits per heavy atom. The van der Waals surface area contributed by atoms with Gasteiger partial charge in [-0.15, -0.1) is 0 Å². The fourth-order valence-corrected chi connectivity index (χ4v) is 2.79. The second-order valence-electron chi connectivity index (χ2n) is 6.23. The molecule has 1 N–H and O–H groups in total. The van der Waals surface area contributed by atoms with Gasteiger partial charge in [-0.25, -0.2) is 9.48 Å². The van der Waals surface area contributed by atoms with Crippen molar-refractivity contribution >= 4 is 11.4 Å². The second-order valence-corrected chi connectivity index (χ2v) is 6.23. The van der Waals surface area contributed by atoms with Gasteiger partial charge in [0, 0.05) is 5.69 Å². The summed E-state index contributed by atoms with van der Waals surface area (Å²) in [6.07, 6.45) is -2.92. The first-order valence-electron chi connectivity index (χ1n) is 8.17. The molecule has 3 rings (SSSR count). The first-order chi connectivity index (χ1) is 12.7. The largest absolute Gasteiger partial charge is 0.416 e. The Morgan fingerprint density at radius 1 is 1.19 bits per heavy atom. The van der Waals surface area contributed by atoms with Crippen LogP contribution in [-0.2, 0) is 17.5 Å². The number of fused-ring (bicyclic) bond motifs is 1. The summed E-state index contributed by atoms with van der Waals surface area (Å²) in [5.74, 6) is -0.471. The zero-order valence-corrected chi connectivity index (χ0v) is 14.6. The molecular weight excluding hydrogens is 361 g/mol. The molecule has 142 valence electrons. The summed E-state index contributed by atoms with van der Waals surface area (Å²) in [6, 6.07) is 7.56. The summed E-state index contributed by atoms with van der Waals surface area (Å²) in [4.78, 5) is 24.6. The minimum Gasteiger partial charge on any atom is -0.348 e. The summed E-state index contributed by atoms with van der Waals surface area (Å²) >= 11 is 0. The number of halogens is 3. The molecule has 0 saturated carbocycles. The predicted molar refractivity (Wildman–Crippen MR) is 92.2 cm³/mol. The molecule has 0 aliphatic rings. The van der Waals surface area contributed by atoms with E-state index in [9.17, 15) is 22.8 Å². The van der Waals surface area contributed by atoms with Gasteiger partial charge in [0.15, 0.2) is 0 Å². The molecule has 0 bridgehead atoms. The van der Waals surface area contributed by atoms with Crippen molar-refractivity contribution < 1.29 is 18.0 Å². The fourth-order valence-electron chi connectivity index (χ4n) is 2.79. The van der Waals surface area contributed by atoms with E-state index in [1.807, 2.05) is 0 Å². The fraction of sp³-hybridized carbons (Fsp3) is 0.278. The number of amides is 1. The highest BCUT2D eigenvalue weighted by Gasteiger charge is 2.30. The van der Waals surface area contributed by atoms with E-state index >= 15 is 0 Å². The number of hydrogen-bond acceptors (Lipinski definition) is 3. The van der Waals surface area contributed by atoms with Crippen LogP contribution in [-0.4, -0.2) is 20.1 Å². The third-order valence-corrected chi connectivity index (χ3v) is 4.26. The monoisotopic (exact) mass is 378 g/mol. The lowest BCUT2D eigenvalue weighted by molar-refractivity contribution is -0.137. The van der Waals surface area contributed by atoms with Crippen molar-refractivity contribution in [2.24, 2.45) is 0 Å². The Kier molecular flexibility index (Phi) is 4.77. The third kappa shape index (κ3) is 3.86. The maximum atomic E-state index is 12.6. The van der Waals surface area contributed by atoms with E-state index in [0.717, 1.165) is 22.5 Å². The molecule has 27 heavy (non-hydrogen) atoms. The summed E-state index contributed by atoms with van der Waals surface area (Å²) in [7, 11) is 0. The summed E-state index contributed by atoms with van der Waals surface area (Å²) in [5.41, 5.74) is 0.689. The Hall–Kier alpha value is -3.10. The number of benzene rings is 1. The molecule has 0 aliphatic carbocycles. The predicted octanol–water partition coefficient (Wildman–Crippen LogP) is 2.70. The van der Waals surface area contributed by atoms with Crippen molar-refractivity contribution in [1.29, 1.82) is 0 Å². The molecule has 0 spiro atoms. The van der Waals surface area contributed by atoms with E-state index in [1.165, 1.54) is 22.7 Å². The lowest BCUT2D eigenvalue weighted by atomic mass is 10.1. The maximum absolute atomic E-state index is 12.6. The number of carbonyl (C=O) groups excluding carboxylic acids is 1. The van der Waals surface area contributed by atoms with Crippen LogP contribution in [0.4, 0.5) is 13.2 Å². The smallest absolute Gasteiger partial charge is 0.348 e. The molecule has 3 aromatic rings. The van der Waals surface area contributed by atoms with Crippen molar-refractivity contribution in [1.82, 2.24) is 19.5 Å². The van der Waals surface area contributed by atoms with Gasteiger partial charge in [0.05, 0.1) is 23.3 Å². The van der Waals surface area contributed by atoms with Crippen LogP contribution in [0.15, 0.2) is 47.4 Å². The van der Waals surface area contributed by atoms with Crippen LogP contribution in [0.25, 0.3) is 5.52 Å². The lowest BCUT2D eigenvalue weighted by Gasteiger charge is -2.16. The van der Waals surface area contributed by atoms with Crippen LogP contribution in [0.3, 0.4) is 0 Å². The van der Waals surface area contributed by atoms with Gasteiger partial charge < -0.3 is 5.32 Å². The van der Waals surface area contributed by atoms with Gasteiger partial charge in [-0.3, -0.25) is 9.20 Å². The van der Waals surface area contributed by atoms with Gasteiger partial charge in [-0.1, -0.05) is 12.1 Å². The van der Waals surface area contributed by atoms with Gasteiger partial charge in [0.2, 0.25) is 5.91 Å². The Balaban J connectivity index is 1.71. The van der Waals surface area contributed by atoms with Crippen molar-refractivity contribution in [2.45, 2.75) is 32.6 Å². The molecule has 9 heteroatoms. The minimum atomic E-state index is -4.41. The van der Waals surface area contributed by atoms with Crippen molar-refractivity contribution in [3.63, 3.8) is 0 Å². The first-order valence-corrected chi connectivity index (χ1v) is 8.17. The molecular formula is C18H17F3N4O2. The molecule has 0 saturated heterocycles. The number of aromatic nitrogens is 3. The van der Waals surface area contributed by atoms with Crippen molar-refractivity contribution in [3.05, 3.63) is 69.9 Å². The molecule has 0 radical (unpaired) electrons. The second kappa shape index (κ2) is 6.90. The average molecular weight is 378 g/mol. The lowest BCUT2D eigenvalue weighted by Crippen LogP contribution is -2.37. The highest BCUT2D eigenvalue weighted by atomic mass is 19.4. The molecule has 1 aromatic carbocycles. The standard InChI is InChI=1S/C18H17F3N4O2/c1-11-3-8-15-9-22-24(17(27)25(11)15)10-16(26)23-12(2)13-4-6-14(7-5-13)18(19,20)21/h3-9,12H,10H2,1-2H3,(H,23,26)/t12-/m0/s1. The molecule has 6 nitrogen and oxygen atoms in total. The summed E-state index contributed by atoms with van der Waals surface area (Å²) < 4.78 is 40.3. The zero-order chi connectivity index (χ0) is 19.8. The Morgan fingerprint density at radius 2 is 1.85 bits per heavy atom. The maximum Gasteiger partial charge on any atom is 0.416 e. The zero-order valence-electron chi connectivity index (χ0n) is 14.6. The third-order valence-electron chi connectivity index (χ3n) is 4.26. The van der Waals surface area contributed by atoms with E-state index in [1.54, 1.807) is 26.0 Å². The van der Waals surface area contributed by atoms with Crippen LogP contribution in [0, 0.1) is 6.92 Å². The molecule has 1 amide bonds. The van der Waals surface area contributed by atoms with Crippen LogP contribution >= 0.6 is 0 Å². The van der Waals surface area contributed by atoms with Gasteiger partial charge in [0.1, 0.15) is 6.54 Å². The number of carbonyl (C=O) groups is 1. The highest BCUT2D eigenvalue weighted by molar-refractivity contribution is 5.76. The van der Waals surface area contributed by atoms with Gasteiger partial charge in [0.25, 0.3) is 0 Å². The number of hydrogen-bond donors (Lipinski definition) is 1. The van der Waals surface area contributed by atoms with Crippen LogP contribution in [0.5, 0.6) is 0 Å². The molecule has 2 aromatic heterocycles. The van der Waals surface area contributed by atoms with Gasteiger partial charge in [-0.05, 0) is 43.7 Å².